The maximum Gasteiger partial charge on any atom is 0.262 e. The second-order valence-corrected chi connectivity index (χ2v) is 8.09. The molecule has 0 saturated carbocycles. The predicted octanol–water partition coefficient (Wildman–Crippen LogP) is 4.09. The van der Waals surface area contributed by atoms with Crippen molar-refractivity contribution in [2.45, 2.75) is 38.0 Å². The van der Waals surface area contributed by atoms with Gasteiger partial charge in [0.05, 0.1) is 16.3 Å². The third-order valence-corrected chi connectivity index (χ3v) is 5.99. The van der Waals surface area contributed by atoms with Gasteiger partial charge in [-0.3, -0.25) is 4.72 Å². The SMILES string of the molecule is Cc1ccc(S(=O)(=O)Nc2ccccc2N2CCCCC2)c(C)c1. The first-order valence-electron chi connectivity index (χ1n) is 8.41. The molecule has 1 N–H and O–H groups in total. The summed E-state index contributed by atoms with van der Waals surface area (Å²) in [5.41, 5.74) is 3.43. The van der Waals surface area contributed by atoms with Crippen LogP contribution in [0.15, 0.2) is 47.4 Å². The summed E-state index contributed by atoms with van der Waals surface area (Å²) in [6.45, 7) is 5.74. The van der Waals surface area contributed by atoms with E-state index in [9.17, 15) is 8.42 Å². The molecule has 24 heavy (non-hydrogen) atoms. The Hall–Kier alpha value is -2.01. The third kappa shape index (κ3) is 3.56. The molecule has 4 nitrogen and oxygen atoms in total. The van der Waals surface area contributed by atoms with Gasteiger partial charge in [0, 0.05) is 13.1 Å². The number of para-hydroxylation sites is 2. The molecule has 5 heteroatoms. The van der Waals surface area contributed by atoms with Crippen molar-refractivity contribution in [3.8, 4) is 0 Å². The van der Waals surface area contributed by atoms with Crippen molar-refractivity contribution in [1.29, 1.82) is 0 Å². The number of sulfonamides is 1. The zero-order valence-corrected chi connectivity index (χ0v) is 15.1. The molecular formula is C19H24N2O2S. The zero-order chi connectivity index (χ0) is 17.2. The molecule has 1 fully saturated rings. The number of hydrogen-bond acceptors (Lipinski definition) is 3. The fourth-order valence-electron chi connectivity index (χ4n) is 3.27. The average molecular weight is 344 g/mol. The van der Waals surface area contributed by atoms with Crippen molar-refractivity contribution < 1.29 is 8.42 Å². The predicted molar refractivity (Wildman–Crippen MR) is 99.2 cm³/mol. The van der Waals surface area contributed by atoms with Crippen LogP contribution in [-0.2, 0) is 10.0 Å². The van der Waals surface area contributed by atoms with Crippen molar-refractivity contribution in [3.63, 3.8) is 0 Å². The van der Waals surface area contributed by atoms with E-state index in [4.69, 9.17) is 0 Å². The van der Waals surface area contributed by atoms with E-state index in [1.165, 1.54) is 6.42 Å². The van der Waals surface area contributed by atoms with Crippen molar-refractivity contribution in [2.75, 3.05) is 22.7 Å². The number of benzene rings is 2. The van der Waals surface area contributed by atoms with Gasteiger partial charge in [-0.2, -0.15) is 0 Å². The minimum absolute atomic E-state index is 0.335. The number of aryl methyl sites for hydroxylation is 2. The first-order chi connectivity index (χ1) is 11.5. The highest BCUT2D eigenvalue weighted by Crippen LogP contribution is 2.30. The summed E-state index contributed by atoms with van der Waals surface area (Å²) < 4.78 is 28.5. The fraction of sp³-hybridized carbons (Fsp3) is 0.368. The van der Waals surface area contributed by atoms with E-state index in [1.807, 2.05) is 50.2 Å². The molecule has 0 atom stereocenters. The summed E-state index contributed by atoms with van der Waals surface area (Å²) >= 11 is 0. The molecule has 0 aromatic heterocycles. The van der Waals surface area contributed by atoms with Gasteiger partial charge < -0.3 is 4.90 Å². The average Bonchev–Trinajstić information content (AvgIpc) is 2.55. The summed E-state index contributed by atoms with van der Waals surface area (Å²) in [4.78, 5) is 2.60. The van der Waals surface area contributed by atoms with E-state index in [-0.39, 0.29) is 0 Å². The topological polar surface area (TPSA) is 49.4 Å². The molecule has 1 heterocycles. The van der Waals surface area contributed by atoms with Crippen LogP contribution < -0.4 is 9.62 Å². The Morgan fingerprint density at radius 3 is 2.38 bits per heavy atom. The van der Waals surface area contributed by atoms with Crippen LogP contribution in [-0.4, -0.2) is 21.5 Å². The molecule has 0 unspecified atom stereocenters. The largest absolute Gasteiger partial charge is 0.370 e. The number of nitrogens with zero attached hydrogens (tertiary/aromatic N) is 1. The maximum atomic E-state index is 12.8. The monoisotopic (exact) mass is 344 g/mol. The van der Waals surface area contributed by atoms with Crippen LogP contribution in [0.25, 0.3) is 0 Å². The Morgan fingerprint density at radius 1 is 0.958 bits per heavy atom. The highest BCUT2D eigenvalue weighted by Gasteiger charge is 2.20. The first kappa shape index (κ1) is 16.8. The lowest BCUT2D eigenvalue weighted by Gasteiger charge is -2.30. The number of piperidine rings is 1. The lowest BCUT2D eigenvalue weighted by Crippen LogP contribution is -2.30. The standard InChI is InChI=1S/C19H24N2O2S/c1-15-10-11-19(16(2)14-15)24(22,23)20-17-8-4-5-9-18(17)21-12-6-3-7-13-21/h4-5,8-11,14,20H,3,6-7,12-13H2,1-2H3. The molecule has 0 radical (unpaired) electrons. The Kier molecular flexibility index (Phi) is 4.81. The Labute approximate surface area is 144 Å². The van der Waals surface area contributed by atoms with Gasteiger partial charge in [-0.25, -0.2) is 8.42 Å². The van der Waals surface area contributed by atoms with Gasteiger partial charge in [0.2, 0.25) is 0 Å². The maximum absolute atomic E-state index is 12.8. The van der Waals surface area contributed by atoms with E-state index in [1.54, 1.807) is 6.07 Å². The fourth-order valence-corrected chi connectivity index (χ4v) is 4.57. The second kappa shape index (κ2) is 6.85. The molecule has 1 aliphatic rings. The molecule has 2 aromatic carbocycles. The van der Waals surface area contributed by atoms with E-state index >= 15 is 0 Å². The Bertz CT molecular complexity index is 825. The summed E-state index contributed by atoms with van der Waals surface area (Å²) in [6.07, 6.45) is 3.54. The molecule has 0 spiro atoms. The summed E-state index contributed by atoms with van der Waals surface area (Å²) in [5.74, 6) is 0. The molecule has 128 valence electrons. The van der Waals surface area contributed by atoms with E-state index in [2.05, 4.69) is 9.62 Å². The normalized spacial score (nSPS) is 15.3. The highest BCUT2D eigenvalue weighted by atomic mass is 32.2. The van der Waals surface area contributed by atoms with E-state index in [0.717, 1.165) is 42.7 Å². The van der Waals surface area contributed by atoms with Crippen LogP contribution in [0.3, 0.4) is 0 Å². The number of hydrogen-bond donors (Lipinski definition) is 1. The van der Waals surface area contributed by atoms with Crippen LogP contribution in [0.5, 0.6) is 0 Å². The Morgan fingerprint density at radius 2 is 1.67 bits per heavy atom. The van der Waals surface area contributed by atoms with Crippen molar-refractivity contribution >= 4 is 21.4 Å². The summed E-state index contributed by atoms with van der Waals surface area (Å²) in [5, 5.41) is 0. The molecular weight excluding hydrogens is 320 g/mol. The summed E-state index contributed by atoms with van der Waals surface area (Å²) in [7, 11) is -3.60. The van der Waals surface area contributed by atoms with Gasteiger partial charge in [0.1, 0.15) is 0 Å². The van der Waals surface area contributed by atoms with Gasteiger partial charge in [-0.15, -0.1) is 0 Å². The van der Waals surface area contributed by atoms with Gasteiger partial charge in [-0.05, 0) is 56.9 Å². The van der Waals surface area contributed by atoms with Crippen molar-refractivity contribution in [3.05, 3.63) is 53.6 Å². The lowest BCUT2D eigenvalue weighted by molar-refractivity contribution is 0.578. The Balaban J connectivity index is 1.93. The quantitative estimate of drug-likeness (QED) is 0.908. The smallest absolute Gasteiger partial charge is 0.262 e. The first-order valence-corrected chi connectivity index (χ1v) is 9.90. The summed E-state index contributed by atoms with van der Waals surface area (Å²) in [6, 6.07) is 13.1. The van der Waals surface area contributed by atoms with Gasteiger partial charge >= 0.3 is 0 Å². The van der Waals surface area contributed by atoms with E-state index in [0.29, 0.717) is 10.6 Å². The lowest BCUT2D eigenvalue weighted by atomic mass is 10.1. The minimum atomic E-state index is -3.60. The number of rotatable bonds is 4. The van der Waals surface area contributed by atoms with Crippen LogP contribution in [0, 0.1) is 13.8 Å². The van der Waals surface area contributed by atoms with Gasteiger partial charge in [-0.1, -0.05) is 29.8 Å². The highest BCUT2D eigenvalue weighted by molar-refractivity contribution is 7.92. The van der Waals surface area contributed by atoms with Gasteiger partial charge in [0.25, 0.3) is 10.0 Å². The van der Waals surface area contributed by atoms with Gasteiger partial charge in [0.15, 0.2) is 0 Å². The molecule has 1 saturated heterocycles. The van der Waals surface area contributed by atoms with Crippen LogP contribution in [0.4, 0.5) is 11.4 Å². The van der Waals surface area contributed by atoms with Crippen molar-refractivity contribution in [2.24, 2.45) is 0 Å². The molecule has 3 rings (SSSR count). The van der Waals surface area contributed by atoms with Crippen molar-refractivity contribution in [1.82, 2.24) is 0 Å². The third-order valence-electron chi connectivity index (χ3n) is 4.47. The molecule has 0 amide bonds. The van der Waals surface area contributed by atoms with Crippen LogP contribution in [0.2, 0.25) is 0 Å². The molecule has 0 bridgehead atoms. The van der Waals surface area contributed by atoms with Crippen LogP contribution in [0.1, 0.15) is 30.4 Å². The van der Waals surface area contributed by atoms with E-state index < -0.39 is 10.0 Å². The molecule has 2 aromatic rings. The minimum Gasteiger partial charge on any atom is -0.370 e. The molecule has 1 aliphatic heterocycles. The number of anilines is 2. The van der Waals surface area contributed by atoms with Crippen LogP contribution >= 0.6 is 0 Å². The number of nitrogens with one attached hydrogen (secondary N) is 1. The second-order valence-electron chi connectivity index (χ2n) is 6.44. The zero-order valence-electron chi connectivity index (χ0n) is 14.2. The molecule has 0 aliphatic carbocycles.